The Hall–Kier alpha value is -1.87. The third-order valence-electron chi connectivity index (χ3n) is 4.53. The van der Waals surface area contributed by atoms with E-state index in [1.807, 2.05) is 37.4 Å². The number of fused-ring (bicyclic) bond motifs is 3. The van der Waals surface area contributed by atoms with E-state index in [9.17, 15) is 9.59 Å². The van der Waals surface area contributed by atoms with Crippen LogP contribution in [0.4, 0.5) is 0 Å². The molecular formula is C22H24ClN3O2S3. The Morgan fingerprint density at radius 2 is 2.13 bits per heavy atom. The van der Waals surface area contributed by atoms with Crippen LogP contribution in [0.2, 0.25) is 0 Å². The molecule has 0 bridgehead atoms. The number of carbonyl (C=O) groups excluding carboxylic acids is 1. The van der Waals surface area contributed by atoms with E-state index in [1.165, 1.54) is 46.2 Å². The number of halogens is 1. The monoisotopic (exact) mass is 493 g/mol. The zero-order valence-corrected chi connectivity index (χ0v) is 20.6. The maximum absolute atomic E-state index is 12.4. The number of aromatic nitrogens is 2. The predicted octanol–water partition coefficient (Wildman–Crippen LogP) is 5.89. The Morgan fingerprint density at radius 1 is 1.35 bits per heavy atom. The minimum Gasteiger partial charge on any atom is -0.403 e. The maximum Gasteiger partial charge on any atom is 0.260 e. The summed E-state index contributed by atoms with van der Waals surface area (Å²) in [5, 5.41) is 3.77. The third kappa shape index (κ3) is 6.32. The number of H-pyrrole nitrogens is 1. The summed E-state index contributed by atoms with van der Waals surface area (Å²) in [6.45, 7) is 3.93. The summed E-state index contributed by atoms with van der Waals surface area (Å²) in [6, 6.07) is 3.69. The molecule has 0 saturated heterocycles. The number of allylic oxidation sites excluding steroid dienone is 3. The summed E-state index contributed by atoms with van der Waals surface area (Å²) in [7, 11) is 0. The fraction of sp³-hybridized carbons (Fsp3) is 0.318. The molecule has 3 heterocycles. The lowest BCUT2D eigenvalue weighted by molar-refractivity contribution is 0.102. The number of Topliss-reactive ketones (excluding diaryl/α,β-unsaturated/α-hetero) is 1. The van der Waals surface area contributed by atoms with Gasteiger partial charge in [-0.05, 0) is 62.6 Å². The highest BCUT2D eigenvalue weighted by Crippen LogP contribution is 2.34. The van der Waals surface area contributed by atoms with Crippen molar-refractivity contribution in [1.82, 2.24) is 9.97 Å². The second kappa shape index (κ2) is 11.1. The Kier molecular flexibility index (Phi) is 8.54. The second-order valence-electron chi connectivity index (χ2n) is 7.22. The standard InChI is InChI=1S/C16H14N2O2S3.C6H10ClN/c19-10(12-6-3-7-21-12)8-22-16-17-14(20)13-9-4-1-2-5-11(9)23-15(13)18-16;1-5(2)3-6(7)4-8/h3,6-7H,1-2,4-5,8H2,(H,17,18,20);3-4H,8H2,1-2H3/b;6-4+. The highest BCUT2D eigenvalue weighted by atomic mass is 35.5. The molecule has 5 nitrogen and oxygen atoms in total. The number of ketones is 1. The van der Waals surface area contributed by atoms with Gasteiger partial charge in [0.15, 0.2) is 10.9 Å². The topological polar surface area (TPSA) is 88.8 Å². The number of rotatable bonds is 5. The fourth-order valence-corrected chi connectivity index (χ4v) is 6.22. The number of thiophene rings is 2. The number of thioether (sulfide) groups is 1. The molecule has 0 amide bonds. The van der Waals surface area contributed by atoms with Crippen molar-refractivity contribution >= 4 is 62.0 Å². The number of nitrogens with one attached hydrogen (secondary N) is 1. The molecule has 9 heteroatoms. The van der Waals surface area contributed by atoms with Gasteiger partial charge in [-0.25, -0.2) is 4.98 Å². The van der Waals surface area contributed by atoms with Crippen molar-refractivity contribution in [1.29, 1.82) is 0 Å². The number of aryl methyl sites for hydroxylation is 2. The van der Waals surface area contributed by atoms with E-state index in [-0.39, 0.29) is 11.3 Å². The van der Waals surface area contributed by atoms with Crippen molar-refractivity contribution in [3.05, 3.63) is 66.1 Å². The van der Waals surface area contributed by atoms with E-state index < -0.39 is 0 Å². The number of nitrogens with zero attached hydrogens (tertiary/aromatic N) is 1. The zero-order valence-electron chi connectivity index (χ0n) is 17.4. The third-order valence-corrected chi connectivity index (χ3v) is 7.73. The van der Waals surface area contributed by atoms with Gasteiger partial charge in [0.05, 0.1) is 21.0 Å². The average molecular weight is 494 g/mol. The van der Waals surface area contributed by atoms with Crippen LogP contribution in [0.15, 0.2) is 50.3 Å². The van der Waals surface area contributed by atoms with Crippen molar-refractivity contribution in [3.63, 3.8) is 0 Å². The Morgan fingerprint density at radius 3 is 2.77 bits per heavy atom. The van der Waals surface area contributed by atoms with Crippen molar-refractivity contribution in [2.24, 2.45) is 5.73 Å². The van der Waals surface area contributed by atoms with Gasteiger partial charge in [0, 0.05) is 11.1 Å². The molecule has 3 aromatic heterocycles. The molecule has 31 heavy (non-hydrogen) atoms. The van der Waals surface area contributed by atoms with Crippen LogP contribution in [0.25, 0.3) is 10.2 Å². The molecular weight excluding hydrogens is 470 g/mol. The van der Waals surface area contributed by atoms with E-state index in [0.717, 1.165) is 39.9 Å². The first-order valence-electron chi connectivity index (χ1n) is 9.85. The van der Waals surface area contributed by atoms with Crippen LogP contribution >= 0.6 is 46.0 Å². The molecule has 1 aliphatic carbocycles. The molecule has 3 N–H and O–H groups in total. The Bertz CT molecular complexity index is 1170. The van der Waals surface area contributed by atoms with E-state index >= 15 is 0 Å². The summed E-state index contributed by atoms with van der Waals surface area (Å²) in [5.41, 5.74) is 7.35. The number of hydrogen-bond donors (Lipinski definition) is 2. The molecule has 0 radical (unpaired) electrons. The van der Waals surface area contributed by atoms with Crippen molar-refractivity contribution < 1.29 is 4.79 Å². The molecule has 0 aromatic carbocycles. The first-order valence-corrected chi connectivity index (χ1v) is 12.9. The molecule has 4 rings (SSSR count). The van der Waals surface area contributed by atoms with Crippen LogP contribution in [-0.4, -0.2) is 21.5 Å². The molecule has 0 atom stereocenters. The van der Waals surface area contributed by atoms with E-state index in [1.54, 1.807) is 11.3 Å². The largest absolute Gasteiger partial charge is 0.403 e. The number of nitrogens with two attached hydrogens (primary N) is 1. The van der Waals surface area contributed by atoms with Gasteiger partial charge in [0.1, 0.15) is 4.83 Å². The average Bonchev–Trinajstić information content (AvgIpc) is 3.40. The molecule has 0 spiro atoms. The van der Waals surface area contributed by atoms with Crippen molar-refractivity contribution in [3.8, 4) is 0 Å². The highest BCUT2D eigenvalue weighted by Gasteiger charge is 2.20. The molecule has 3 aromatic rings. The highest BCUT2D eigenvalue weighted by molar-refractivity contribution is 7.99. The van der Waals surface area contributed by atoms with Crippen LogP contribution in [-0.2, 0) is 12.8 Å². The molecule has 0 aliphatic heterocycles. The van der Waals surface area contributed by atoms with E-state index in [4.69, 9.17) is 17.3 Å². The number of hydrogen-bond acceptors (Lipinski definition) is 7. The van der Waals surface area contributed by atoms with E-state index in [2.05, 4.69) is 9.97 Å². The zero-order chi connectivity index (χ0) is 22.4. The normalized spacial score (nSPS) is 13.3. The Balaban J connectivity index is 0.000000293. The fourth-order valence-electron chi connectivity index (χ4n) is 3.18. The van der Waals surface area contributed by atoms with Gasteiger partial charge in [-0.1, -0.05) is 35.0 Å². The van der Waals surface area contributed by atoms with Crippen LogP contribution in [0.1, 0.15) is 46.8 Å². The molecule has 0 fully saturated rings. The molecule has 0 saturated carbocycles. The SMILES string of the molecule is CC(C)=C/C(Cl)=C\N.O=C(CSc1nc2sc3c(c2c(=O)[nH]1)CCCC3)c1cccs1. The van der Waals surface area contributed by atoms with Gasteiger partial charge in [0.2, 0.25) is 0 Å². The van der Waals surface area contributed by atoms with Crippen LogP contribution in [0.3, 0.4) is 0 Å². The van der Waals surface area contributed by atoms with Crippen molar-refractivity contribution in [2.75, 3.05) is 5.75 Å². The summed E-state index contributed by atoms with van der Waals surface area (Å²) in [4.78, 5) is 34.8. The lowest BCUT2D eigenvalue weighted by Crippen LogP contribution is -2.11. The lowest BCUT2D eigenvalue weighted by atomic mass is 9.97. The van der Waals surface area contributed by atoms with Gasteiger partial charge in [-0.15, -0.1) is 22.7 Å². The summed E-state index contributed by atoms with van der Waals surface area (Å²) in [5.74, 6) is 0.360. The smallest absolute Gasteiger partial charge is 0.260 e. The van der Waals surface area contributed by atoms with Crippen LogP contribution < -0.4 is 11.3 Å². The first-order chi connectivity index (χ1) is 14.9. The summed E-state index contributed by atoms with van der Waals surface area (Å²) >= 11 is 9.89. The quantitative estimate of drug-likeness (QED) is 0.200. The van der Waals surface area contributed by atoms with Crippen molar-refractivity contribution in [2.45, 2.75) is 44.7 Å². The van der Waals surface area contributed by atoms with Gasteiger partial charge in [0.25, 0.3) is 5.56 Å². The number of aromatic amines is 1. The summed E-state index contributed by atoms with van der Waals surface area (Å²) in [6.07, 6.45) is 7.54. The number of carbonyl (C=O) groups is 1. The maximum atomic E-state index is 12.4. The first kappa shape index (κ1) is 23.8. The minimum atomic E-state index is -0.0690. The summed E-state index contributed by atoms with van der Waals surface area (Å²) < 4.78 is 0. The predicted molar refractivity (Wildman–Crippen MR) is 134 cm³/mol. The molecule has 0 unspecified atom stereocenters. The van der Waals surface area contributed by atoms with Gasteiger partial charge in [-0.3, -0.25) is 9.59 Å². The second-order valence-corrected chi connectivity index (χ2v) is 10.7. The lowest BCUT2D eigenvalue weighted by Gasteiger charge is -2.09. The minimum absolute atomic E-state index is 0.0678. The van der Waals surface area contributed by atoms with Gasteiger partial charge < -0.3 is 10.7 Å². The van der Waals surface area contributed by atoms with Gasteiger partial charge in [-0.2, -0.15) is 0 Å². The molecule has 164 valence electrons. The van der Waals surface area contributed by atoms with Gasteiger partial charge >= 0.3 is 0 Å². The van der Waals surface area contributed by atoms with Crippen LogP contribution in [0.5, 0.6) is 0 Å². The van der Waals surface area contributed by atoms with Crippen LogP contribution in [0, 0.1) is 0 Å². The molecule has 1 aliphatic rings. The Labute approximate surface area is 198 Å². The van der Waals surface area contributed by atoms with E-state index in [0.29, 0.717) is 15.9 Å².